The second-order valence-electron chi connectivity index (χ2n) is 9.20. The van der Waals surface area contributed by atoms with Gasteiger partial charge in [0.25, 0.3) is 6.43 Å². The summed E-state index contributed by atoms with van der Waals surface area (Å²) in [5.74, 6) is -0.968. The molecule has 0 unspecified atom stereocenters. The predicted molar refractivity (Wildman–Crippen MR) is 120 cm³/mol. The summed E-state index contributed by atoms with van der Waals surface area (Å²) in [4.78, 5) is 16.2. The molecule has 1 aromatic heterocycles. The van der Waals surface area contributed by atoms with Crippen LogP contribution < -0.4 is 10.1 Å². The summed E-state index contributed by atoms with van der Waals surface area (Å²) in [5, 5.41) is 13.1. The van der Waals surface area contributed by atoms with E-state index in [-0.39, 0.29) is 30.3 Å². The maximum absolute atomic E-state index is 14.2. The van der Waals surface area contributed by atoms with Gasteiger partial charge in [0.05, 0.1) is 18.3 Å². The van der Waals surface area contributed by atoms with E-state index in [0.29, 0.717) is 48.4 Å². The number of carboxylic acid groups (broad SMARTS) is 1. The monoisotopic (exact) mass is 474 g/mol. The molecule has 1 aliphatic heterocycles. The molecule has 0 spiro atoms. The Balaban J connectivity index is 1.51. The fourth-order valence-corrected chi connectivity index (χ4v) is 4.22. The van der Waals surface area contributed by atoms with Gasteiger partial charge in [0.15, 0.2) is 0 Å². The van der Waals surface area contributed by atoms with E-state index < -0.39 is 17.9 Å². The zero-order chi connectivity index (χ0) is 23.7. The summed E-state index contributed by atoms with van der Waals surface area (Å²) in [6.07, 6.45) is 3.14. The molecule has 0 atom stereocenters. The third-order valence-corrected chi connectivity index (χ3v) is 6.51. The second-order valence-corrected chi connectivity index (χ2v) is 9.20. The van der Waals surface area contributed by atoms with Crippen molar-refractivity contribution in [3.05, 3.63) is 41.6 Å². The molecule has 5 rings (SSSR count). The SMILES string of the molecule is O=C(O)C1(Nc2ccc(-c3ccnc(OC4CC4)c3C(F)F)c(COC3CC3)c2)CCOCC1. The topological polar surface area (TPSA) is 89.9 Å². The van der Waals surface area contributed by atoms with Crippen molar-refractivity contribution in [3.8, 4) is 17.0 Å². The Bertz CT molecular complexity index is 1050. The third-order valence-electron chi connectivity index (χ3n) is 6.51. The zero-order valence-electron chi connectivity index (χ0n) is 18.8. The van der Waals surface area contributed by atoms with Crippen LogP contribution in [0, 0.1) is 0 Å². The maximum atomic E-state index is 14.2. The number of hydrogen-bond acceptors (Lipinski definition) is 6. The van der Waals surface area contributed by atoms with Gasteiger partial charge in [0, 0.05) is 37.9 Å². The van der Waals surface area contributed by atoms with Crippen LogP contribution in [0.4, 0.5) is 14.5 Å². The minimum Gasteiger partial charge on any atom is -0.480 e. The molecule has 1 saturated heterocycles. The first kappa shape index (κ1) is 23.0. The number of pyridine rings is 1. The van der Waals surface area contributed by atoms with Gasteiger partial charge >= 0.3 is 5.97 Å². The average Bonchev–Trinajstić information content (AvgIpc) is 3.74. The summed E-state index contributed by atoms with van der Waals surface area (Å²) >= 11 is 0. The molecular formula is C25H28F2N2O5. The second kappa shape index (κ2) is 9.46. The maximum Gasteiger partial charge on any atom is 0.329 e. The van der Waals surface area contributed by atoms with Crippen LogP contribution in [-0.2, 0) is 20.9 Å². The predicted octanol–water partition coefficient (Wildman–Crippen LogP) is 4.95. The lowest BCUT2D eigenvalue weighted by molar-refractivity contribution is -0.145. The minimum absolute atomic E-state index is 0.0294. The molecule has 2 heterocycles. The molecule has 34 heavy (non-hydrogen) atoms. The summed E-state index contributed by atoms with van der Waals surface area (Å²) in [7, 11) is 0. The first-order valence-corrected chi connectivity index (χ1v) is 11.7. The largest absolute Gasteiger partial charge is 0.480 e. The van der Waals surface area contributed by atoms with E-state index in [2.05, 4.69) is 10.3 Å². The molecule has 182 valence electrons. The van der Waals surface area contributed by atoms with Crippen molar-refractivity contribution < 1.29 is 32.9 Å². The number of nitrogens with one attached hydrogen (secondary N) is 1. The van der Waals surface area contributed by atoms with Crippen LogP contribution in [-0.4, -0.2) is 47.0 Å². The Kier molecular flexibility index (Phi) is 6.40. The summed E-state index contributed by atoms with van der Waals surface area (Å²) in [6, 6.07) is 6.84. The highest BCUT2D eigenvalue weighted by Gasteiger charge is 2.40. The summed E-state index contributed by atoms with van der Waals surface area (Å²) in [6.45, 7) is 0.948. The lowest BCUT2D eigenvalue weighted by Crippen LogP contribution is -2.50. The quantitative estimate of drug-likeness (QED) is 0.503. The molecule has 1 aromatic carbocycles. The van der Waals surface area contributed by atoms with Crippen molar-refractivity contribution in [2.24, 2.45) is 0 Å². The van der Waals surface area contributed by atoms with E-state index >= 15 is 0 Å². The number of aromatic nitrogens is 1. The van der Waals surface area contributed by atoms with Gasteiger partial charge in [-0.1, -0.05) is 6.07 Å². The molecule has 2 N–H and O–H groups in total. The Morgan fingerprint density at radius 1 is 1.15 bits per heavy atom. The fraction of sp³-hybridized carbons (Fsp3) is 0.520. The van der Waals surface area contributed by atoms with Gasteiger partial charge in [-0.15, -0.1) is 0 Å². The molecule has 7 nitrogen and oxygen atoms in total. The van der Waals surface area contributed by atoms with Crippen molar-refractivity contribution in [1.82, 2.24) is 4.98 Å². The Labute approximate surface area is 196 Å². The number of rotatable bonds is 10. The zero-order valence-corrected chi connectivity index (χ0v) is 18.8. The van der Waals surface area contributed by atoms with Crippen LogP contribution in [0.15, 0.2) is 30.5 Å². The van der Waals surface area contributed by atoms with E-state index in [1.165, 1.54) is 6.20 Å². The number of anilines is 1. The molecular weight excluding hydrogens is 446 g/mol. The number of halogens is 2. The van der Waals surface area contributed by atoms with Crippen molar-refractivity contribution in [3.63, 3.8) is 0 Å². The van der Waals surface area contributed by atoms with Crippen LogP contribution in [0.5, 0.6) is 5.88 Å². The van der Waals surface area contributed by atoms with Gasteiger partial charge in [-0.2, -0.15) is 0 Å². The summed E-state index contributed by atoms with van der Waals surface area (Å²) < 4.78 is 45.3. The number of benzene rings is 1. The molecule has 0 amide bonds. The molecule has 2 saturated carbocycles. The Hall–Kier alpha value is -2.78. The molecule has 3 aliphatic rings. The smallest absolute Gasteiger partial charge is 0.329 e. The van der Waals surface area contributed by atoms with Crippen LogP contribution in [0.3, 0.4) is 0 Å². The average molecular weight is 475 g/mol. The molecule has 0 radical (unpaired) electrons. The van der Waals surface area contributed by atoms with Gasteiger partial charge in [0.1, 0.15) is 11.6 Å². The standard InChI is InChI=1S/C25H28F2N2O5/c26-22(27)21-20(7-10-28-23(21)34-18-4-5-18)19-6-1-16(13-15(19)14-33-17-2-3-17)29-25(24(30)31)8-11-32-12-9-25/h1,6-7,10,13,17-18,22,29H,2-5,8-9,11-12,14H2,(H,30,31). The van der Waals surface area contributed by atoms with Crippen molar-refractivity contribution in [2.75, 3.05) is 18.5 Å². The first-order chi connectivity index (χ1) is 16.4. The van der Waals surface area contributed by atoms with Crippen molar-refractivity contribution in [1.29, 1.82) is 0 Å². The Morgan fingerprint density at radius 2 is 1.88 bits per heavy atom. The van der Waals surface area contributed by atoms with E-state index in [1.54, 1.807) is 24.3 Å². The molecule has 2 aliphatic carbocycles. The van der Waals surface area contributed by atoms with Gasteiger partial charge in [-0.3, -0.25) is 0 Å². The van der Waals surface area contributed by atoms with Gasteiger partial charge < -0.3 is 24.6 Å². The minimum atomic E-state index is -2.76. The number of alkyl halides is 2. The van der Waals surface area contributed by atoms with Crippen molar-refractivity contribution >= 4 is 11.7 Å². The molecule has 3 fully saturated rings. The number of carboxylic acids is 1. The van der Waals surface area contributed by atoms with Crippen LogP contribution >= 0.6 is 0 Å². The van der Waals surface area contributed by atoms with Crippen LogP contribution in [0.2, 0.25) is 0 Å². The fourth-order valence-electron chi connectivity index (χ4n) is 4.22. The van der Waals surface area contributed by atoms with E-state index in [4.69, 9.17) is 14.2 Å². The number of nitrogens with zero attached hydrogens (tertiary/aromatic N) is 1. The van der Waals surface area contributed by atoms with Gasteiger partial charge in [-0.25, -0.2) is 18.6 Å². The van der Waals surface area contributed by atoms with Crippen LogP contribution in [0.1, 0.15) is 56.1 Å². The number of ether oxygens (including phenoxy) is 3. The number of carbonyl (C=O) groups is 1. The highest BCUT2D eigenvalue weighted by Crippen LogP contribution is 2.41. The van der Waals surface area contributed by atoms with Gasteiger partial charge in [-0.05, 0) is 60.6 Å². The molecule has 0 bridgehead atoms. The van der Waals surface area contributed by atoms with E-state index in [1.807, 2.05) is 0 Å². The normalized spacial score (nSPS) is 19.7. The molecule has 2 aromatic rings. The summed E-state index contributed by atoms with van der Waals surface area (Å²) in [5.41, 5.74) is 0.889. The van der Waals surface area contributed by atoms with Gasteiger partial charge in [0.2, 0.25) is 5.88 Å². The first-order valence-electron chi connectivity index (χ1n) is 11.7. The lowest BCUT2D eigenvalue weighted by Gasteiger charge is -2.35. The van der Waals surface area contributed by atoms with E-state index in [0.717, 1.165) is 25.7 Å². The third kappa shape index (κ3) is 5.00. The highest BCUT2D eigenvalue weighted by molar-refractivity contribution is 5.83. The number of hydrogen-bond donors (Lipinski definition) is 2. The number of aliphatic carboxylic acids is 1. The lowest BCUT2D eigenvalue weighted by atomic mass is 9.89. The van der Waals surface area contributed by atoms with Crippen LogP contribution in [0.25, 0.3) is 11.1 Å². The van der Waals surface area contributed by atoms with Crippen molar-refractivity contribution in [2.45, 2.75) is 69.3 Å². The van der Waals surface area contributed by atoms with E-state index in [9.17, 15) is 18.7 Å². The molecule has 9 heteroatoms. The Morgan fingerprint density at radius 3 is 2.53 bits per heavy atom. The highest BCUT2D eigenvalue weighted by atomic mass is 19.3.